The SMILES string of the molecule is C=CCN1C(=O)NC(c2cccc(Oc3ccccc3)c2)C2=C1CN(CC(=O)NCc1cccnc1)C2=O. The van der Waals surface area contributed by atoms with Crippen molar-refractivity contribution in [1.29, 1.82) is 0 Å². The lowest BCUT2D eigenvalue weighted by Crippen LogP contribution is -2.47. The molecule has 5 rings (SSSR count). The molecule has 0 aliphatic carbocycles. The number of benzene rings is 2. The van der Waals surface area contributed by atoms with E-state index < -0.39 is 6.04 Å². The molecular formula is C29H27N5O4. The van der Waals surface area contributed by atoms with Crippen LogP contribution in [-0.2, 0) is 16.1 Å². The van der Waals surface area contributed by atoms with Gasteiger partial charge in [0.05, 0.1) is 23.9 Å². The standard InChI is InChI=1S/C29H27N5O4/c1-2-14-34-24-18-33(19-25(35)31-17-20-8-7-13-30-16-20)28(36)26(24)27(32-29(34)37)21-9-6-12-23(15-21)38-22-10-4-3-5-11-22/h2-13,15-16,27H,1,14,17-19H2,(H,31,35)(H,32,37). The van der Waals surface area contributed by atoms with E-state index >= 15 is 0 Å². The van der Waals surface area contributed by atoms with Gasteiger partial charge in [-0.2, -0.15) is 0 Å². The van der Waals surface area contributed by atoms with Crippen LogP contribution in [0.25, 0.3) is 0 Å². The first-order valence-electron chi connectivity index (χ1n) is 12.2. The molecule has 4 amide bonds. The molecule has 0 fully saturated rings. The van der Waals surface area contributed by atoms with Gasteiger partial charge in [0.2, 0.25) is 5.91 Å². The predicted molar refractivity (Wildman–Crippen MR) is 141 cm³/mol. The van der Waals surface area contributed by atoms with E-state index in [4.69, 9.17) is 4.74 Å². The molecule has 9 heteroatoms. The monoisotopic (exact) mass is 509 g/mol. The number of hydrogen-bond acceptors (Lipinski definition) is 5. The summed E-state index contributed by atoms with van der Waals surface area (Å²) in [7, 11) is 0. The number of nitrogens with zero attached hydrogens (tertiary/aromatic N) is 3. The Kier molecular flexibility index (Phi) is 7.17. The average molecular weight is 510 g/mol. The lowest BCUT2D eigenvalue weighted by atomic mass is 9.95. The summed E-state index contributed by atoms with van der Waals surface area (Å²) >= 11 is 0. The van der Waals surface area contributed by atoms with Gasteiger partial charge in [-0.15, -0.1) is 6.58 Å². The maximum atomic E-state index is 13.6. The van der Waals surface area contributed by atoms with Crippen LogP contribution in [0.5, 0.6) is 11.5 Å². The lowest BCUT2D eigenvalue weighted by molar-refractivity contribution is -0.132. The van der Waals surface area contributed by atoms with Gasteiger partial charge in [0.15, 0.2) is 0 Å². The van der Waals surface area contributed by atoms with Crippen molar-refractivity contribution < 1.29 is 19.1 Å². The van der Waals surface area contributed by atoms with E-state index in [1.165, 1.54) is 9.80 Å². The van der Waals surface area contributed by atoms with Crippen LogP contribution in [0.1, 0.15) is 17.2 Å². The predicted octanol–water partition coefficient (Wildman–Crippen LogP) is 3.54. The van der Waals surface area contributed by atoms with Gasteiger partial charge in [-0.1, -0.05) is 42.5 Å². The summed E-state index contributed by atoms with van der Waals surface area (Å²) < 4.78 is 5.97. The van der Waals surface area contributed by atoms with Gasteiger partial charge in [-0.3, -0.25) is 19.5 Å². The highest BCUT2D eigenvalue weighted by atomic mass is 16.5. The summed E-state index contributed by atoms with van der Waals surface area (Å²) in [6.07, 6.45) is 4.94. The smallest absolute Gasteiger partial charge is 0.322 e. The molecule has 3 heterocycles. The van der Waals surface area contributed by atoms with Gasteiger partial charge >= 0.3 is 6.03 Å². The second-order valence-electron chi connectivity index (χ2n) is 8.93. The highest BCUT2D eigenvalue weighted by Gasteiger charge is 2.44. The minimum Gasteiger partial charge on any atom is -0.457 e. The summed E-state index contributed by atoms with van der Waals surface area (Å²) in [5, 5.41) is 5.78. The zero-order valence-corrected chi connectivity index (χ0v) is 20.7. The van der Waals surface area contributed by atoms with Crippen molar-refractivity contribution in [2.45, 2.75) is 12.6 Å². The molecule has 0 bridgehead atoms. The first kappa shape index (κ1) is 24.8. The molecule has 0 saturated carbocycles. The third-order valence-electron chi connectivity index (χ3n) is 6.33. The van der Waals surface area contributed by atoms with Gasteiger partial charge in [0, 0.05) is 25.5 Å². The Morgan fingerprint density at radius 3 is 2.68 bits per heavy atom. The first-order chi connectivity index (χ1) is 18.5. The van der Waals surface area contributed by atoms with E-state index in [1.807, 2.05) is 60.7 Å². The van der Waals surface area contributed by atoms with E-state index in [-0.39, 0.29) is 37.5 Å². The third-order valence-corrected chi connectivity index (χ3v) is 6.33. The van der Waals surface area contributed by atoms with Crippen LogP contribution in [0.4, 0.5) is 4.79 Å². The Hall–Kier alpha value is -4.92. The number of ether oxygens (including phenoxy) is 1. The maximum absolute atomic E-state index is 13.6. The van der Waals surface area contributed by atoms with Crippen LogP contribution in [0.3, 0.4) is 0 Å². The van der Waals surface area contributed by atoms with Crippen molar-refractivity contribution in [2.24, 2.45) is 0 Å². The molecule has 2 N–H and O–H groups in total. The van der Waals surface area contributed by atoms with Gasteiger partial charge in [0.1, 0.15) is 18.0 Å². The number of para-hydroxylation sites is 1. The lowest BCUT2D eigenvalue weighted by Gasteiger charge is -2.33. The van der Waals surface area contributed by atoms with E-state index in [2.05, 4.69) is 22.2 Å². The number of pyridine rings is 1. The van der Waals surface area contributed by atoms with Gasteiger partial charge < -0.3 is 20.3 Å². The van der Waals surface area contributed by atoms with Crippen LogP contribution in [-0.4, -0.2) is 52.3 Å². The molecule has 0 radical (unpaired) electrons. The zero-order valence-electron chi connectivity index (χ0n) is 20.7. The quantitative estimate of drug-likeness (QED) is 0.430. The molecule has 3 aromatic rings. The summed E-state index contributed by atoms with van der Waals surface area (Å²) in [4.78, 5) is 46.4. The van der Waals surface area contributed by atoms with Crippen LogP contribution in [0, 0.1) is 0 Å². The summed E-state index contributed by atoms with van der Waals surface area (Å²) in [5.41, 5.74) is 2.56. The topological polar surface area (TPSA) is 104 Å². The van der Waals surface area contributed by atoms with Gasteiger partial charge in [-0.25, -0.2) is 4.79 Å². The average Bonchev–Trinajstić information content (AvgIpc) is 3.25. The Morgan fingerprint density at radius 2 is 1.92 bits per heavy atom. The largest absolute Gasteiger partial charge is 0.457 e. The van der Waals surface area contributed by atoms with Gasteiger partial charge in [0.25, 0.3) is 5.91 Å². The molecule has 1 aromatic heterocycles. The first-order valence-corrected chi connectivity index (χ1v) is 12.2. The van der Waals surface area contributed by atoms with E-state index in [1.54, 1.807) is 24.5 Å². The van der Waals surface area contributed by atoms with Crippen molar-refractivity contribution in [2.75, 3.05) is 19.6 Å². The van der Waals surface area contributed by atoms with Crippen molar-refractivity contribution in [3.8, 4) is 11.5 Å². The molecule has 9 nitrogen and oxygen atoms in total. The fourth-order valence-electron chi connectivity index (χ4n) is 4.56. The van der Waals surface area contributed by atoms with E-state index in [9.17, 15) is 14.4 Å². The van der Waals surface area contributed by atoms with Crippen LogP contribution >= 0.6 is 0 Å². The molecule has 2 aliphatic heterocycles. The fraction of sp³-hybridized carbons (Fsp3) is 0.172. The van der Waals surface area contributed by atoms with Crippen molar-refractivity contribution in [1.82, 2.24) is 25.4 Å². The van der Waals surface area contributed by atoms with Crippen molar-refractivity contribution in [3.05, 3.63) is 114 Å². The number of carbonyl (C=O) groups is 3. The maximum Gasteiger partial charge on any atom is 0.322 e. The normalized spacial score (nSPS) is 16.7. The number of hydrogen-bond donors (Lipinski definition) is 2. The number of rotatable bonds is 9. The molecule has 38 heavy (non-hydrogen) atoms. The van der Waals surface area contributed by atoms with E-state index in [0.717, 1.165) is 5.56 Å². The van der Waals surface area contributed by atoms with Crippen molar-refractivity contribution >= 4 is 17.8 Å². The van der Waals surface area contributed by atoms with Crippen LogP contribution < -0.4 is 15.4 Å². The molecule has 1 atom stereocenters. The highest BCUT2D eigenvalue weighted by Crippen LogP contribution is 2.37. The highest BCUT2D eigenvalue weighted by molar-refractivity contribution is 6.03. The van der Waals surface area contributed by atoms with Crippen LogP contribution in [0.15, 0.2) is 103 Å². The number of carbonyl (C=O) groups excluding carboxylic acids is 3. The molecule has 192 valence electrons. The zero-order chi connectivity index (χ0) is 26.5. The molecule has 0 spiro atoms. The number of aromatic nitrogens is 1. The molecule has 2 aromatic carbocycles. The molecular weight excluding hydrogens is 482 g/mol. The van der Waals surface area contributed by atoms with Crippen LogP contribution in [0.2, 0.25) is 0 Å². The Morgan fingerprint density at radius 1 is 1.11 bits per heavy atom. The van der Waals surface area contributed by atoms with E-state index in [0.29, 0.717) is 34.9 Å². The number of amides is 4. The Bertz CT molecular complexity index is 1390. The Balaban J connectivity index is 1.37. The summed E-state index contributed by atoms with van der Waals surface area (Å²) in [6.45, 7) is 4.30. The summed E-state index contributed by atoms with van der Waals surface area (Å²) in [5.74, 6) is 0.655. The second-order valence-corrected chi connectivity index (χ2v) is 8.93. The second kappa shape index (κ2) is 11.0. The molecule has 2 aliphatic rings. The summed E-state index contributed by atoms with van der Waals surface area (Å²) in [6, 6.07) is 19.3. The minimum absolute atomic E-state index is 0.133. The fourth-order valence-corrected chi connectivity index (χ4v) is 4.56. The Labute approximate surface area is 220 Å². The number of urea groups is 1. The van der Waals surface area contributed by atoms with Crippen molar-refractivity contribution in [3.63, 3.8) is 0 Å². The minimum atomic E-state index is -0.686. The van der Waals surface area contributed by atoms with Gasteiger partial charge in [-0.05, 0) is 41.5 Å². The molecule has 1 unspecified atom stereocenters. The third kappa shape index (κ3) is 5.27. The molecule has 0 saturated heterocycles. The number of nitrogens with one attached hydrogen (secondary N) is 2.